The summed E-state index contributed by atoms with van der Waals surface area (Å²) in [7, 11) is 0. The van der Waals surface area contributed by atoms with Crippen LogP contribution < -0.4 is 0 Å². The van der Waals surface area contributed by atoms with E-state index in [2.05, 4.69) is 0 Å². The quantitative estimate of drug-likeness (QED) is 0.652. The maximum atomic E-state index is 10.8. The Balaban J connectivity index is 2.41. The molecular weight excluding hydrogens is 180 g/mol. The zero-order chi connectivity index (χ0) is 9.10. The van der Waals surface area contributed by atoms with Crippen LogP contribution in [0.5, 0.6) is 0 Å². The topological polar surface area (TPSA) is 17.1 Å². The van der Waals surface area contributed by atoms with E-state index >= 15 is 0 Å². The molecule has 0 atom stereocenters. The normalized spacial score (nSPS) is 14.0. The van der Waals surface area contributed by atoms with Crippen LogP contribution in [-0.4, -0.2) is 5.94 Å². The van der Waals surface area contributed by atoms with Gasteiger partial charge in [0.05, 0.1) is 5.57 Å². The van der Waals surface area contributed by atoms with Crippen LogP contribution in [0.3, 0.4) is 0 Å². The van der Waals surface area contributed by atoms with Crippen LogP contribution >= 0.6 is 11.3 Å². The number of carbonyl (C=O) groups excluding carboxylic acids is 1. The van der Waals surface area contributed by atoms with Gasteiger partial charge in [-0.25, -0.2) is 4.79 Å². The van der Waals surface area contributed by atoms with Crippen LogP contribution in [0.25, 0.3) is 5.57 Å². The van der Waals surface area contributed by atoms with Crippen molar-refractivity contribution < 1.29 is 4.79 Å². The Hall–Kier alpha value is -1.37. The molecule has 0 amide bonds. The summed E-state index contributed by atoms with van der Waals surface area (Å²) in [6.07, 6.45) is 6.98. The van der Waals surface area contributed by atoms with Crippen molar-refractivity contribution in [3.8, 4) is 0 Å². The Bertz CT molecular complexity index is 403. The molecule has 0 aromatic carbocycles. The van der Waals surface area contributed by atoms with Gasteiger partial charge in [0, 0.05) is 4.88 Å². The third-order valence-electron chi connectivity index (χ3n) is 1.93. The molecule has 0 bridgehead atoms. The van der Waals surface area contributed by atoms with E-state index in [1.807, 2.05) is 41.7 Å². The summed E-state index contributed by atoms with van der Waals surface area (Å²) in [4.78, 5) is 11.8. The predicted molar refractivity (Wildman–Crippen MR) is 55.3 cm³/mol. The van der Waals surface area contributed by atoms with Crippen molar-refractivity contribution in [2.75, 3.05) is 0 Å². The molecule has 0 unspecified atom stereocenters. The second-order valence-electron chi connectivity index (χ2n) is 2.75. The van der Waals surface area contributed by atoms with E-state index < -0.39 is 0 Å². The Morgan fingerprint density at radius 3 is 3.00 bits per heavy atom. The zero-order valence-electron chi connectivity index (χ0n) is 6.99. The molecule has 1 heterocycles. The first-order valence-corrected chi connectivity index (χ1v) is 4.96. The molecule has 0 fully saturated rings. The van der Waals surface area contributed by atoms with Gasteiger partial charge >= 0.3 is 0 Å². The lowest BCUT2D eigenvalue weighted by molar-refractivity contribution is 0.569. The highest BCUT2D eigenvalue weighted by Gasteiger charge is 2.09. The minimum Gasteiger partial charge on any atom is -0.233 e. The molecule has 0 N–H and O–H groups in total. The molecule has 64 valence electrons. The highest BCUT2D eigenvalue weighted by molar-refractivity contribution is 7.11. The minimum absolute atomic E-state index is 0.684. The van der Waals surface area contributed by atoms with Crippen LogP contribution in [0.15, 0.2) is 41.3 Å². The Morgan fingerprint density at radius 1 is 1.54 bits per heavy atom. The molecular formula is C11H8OS. The van der Waals surface area contributed by atoms with Gasteiger partial charge < -0.3 is 0 Å². The first-order valence-electron chi connectivity index (χ1n) is 4.08. The van der Waals surface area contributed by atoms with Gasteiger partial charge in [-0.1, -0.05) is 24.3 Å². The molecule has 0 spiro atoms. The number of hydrogen-bond donors (Lipinski definition) is 0. The number of hydrogen-bond acceptors (Lipinski definition) is 2. The average Bonchev–Trinajstić information content (AvgIpc) is 2.76. The highest BCUT2D eigenvalue weighted by Crippen LogP contribution is 2.27. The fourth-order valence-electron chi connectivity index (χ4n) is 1.32. The highest BCUT2D eigenvalue weighted by atomic mass is 32.1. The largest absolute Gasteiger partial charge is 0.233 e. The van der Waals surface area contributed by atoms with Gasteiger partial charge in [0.15, 0.2) is 0 Å². The fraction of sp³-hybridized carbons (Fsp3) is 0.0909. The van der Waals surface area contributed by atoms with Crippen molar-refractivity contribution in [3.05, 3.63) is 46.2 Å². The van der Waals surface area contributed by atoms with Crippen LogP contribution in [-0.2, 0) is 4.79 Å². The average molecular weight is 188 g/mol. The van der Waals surface area contributed by atoms with E-state index in [1.165, 1.54) is 0 Å². The summed E-state index contributed by atoms with van der Waals surface area (Å²) in [6, 6.07) is 3.88. The fourth-order valence-corrected chi connectivity index (χ4v) is 2.05. The van der Waals surface area contributed by atoms with Gasteiger partial charge in [0.25, 0.3) is 0 Å². The van der Waals surface area contributed by atoms with E-state index in [-0.39, 0.29) is 0 Å². The lowest BCUT2D eigenvalue weighted by Crippen LogP contribution is -1.82. The first-order chi connectivity index (χ1) is 6.42. The van der Waals surface area contributed by atoms with Crippen molar-refractivity contribution in [2.45, 2.75) is 6.42 Å². The molecule has 2 rings (SSSR count). The summed E-state index contributed by atoms with van der Waals surface area (Å²) in [5, 5.41) is 1.96. The van der Waals surface area contributed by atoms with Gasteiger partial charge in [-0.05, 0) is 23.4 Å². The van der Waals surface area contributed by atoms with Crippen LogP contribution in [0.4, 0.5) is 0 Å². The number of thiophene rings is 1. The summed E-state index contributed by atoms with van der Waals surface area (Å²) in [6.45, 7) is 0. The van der Waals surface area contributed by atoms with Gasteiger partial charge in [-0.3, -0.25) is 0 Å². The standard InChI is InChI=1S/C11H8OS/c12-8-10(9-4-1-2-5-9)11-6-3-7-13-11/h1,3-7H,2H2. The SMILES string of the molecule is O=C=C(C1=CCC=C1)c1cccs1. The third-order valence-corrected chi connectivity index (χ3v) is 2.82. The Kier molecular flexibility index (Phi) is 2.26. The molecule has 1 aromatic rings. The summed E-state index contributed by atoms with van der Waals surface area (Å²) >= 11 is 1.57. The molecule has 2 heteroatoms. The Labute approximate surface area is 80.7 Å². The van der Waals surface area contributed by atoms with Crippen molar-refractivity contribution in [3.63, 3.8) is 0 Å². The Morgan fingerprint density at radius 2 is 2.46 bits per heavy atom. The molecule has 0 radical (unpaired) electrons. The number of allylic oxidation sites excluding steroid dienone is 5. The molecule has 1 nitrogen and oxygen atoms in total. The second-order valence-corrected chi connectivity index (χ2v) is 3.70. The molecule has 0 saturated heterocycles. The molecule has 0 saturated carbocycles. The van der Waals surface area contributed by atoms with E-state index in [1.54, 1.807) is 11.3 Å². The zero-order valence-corrected chi connectivity index (χ0v) is 7.80. The first kappa shape index (κ1) is 8.24. The summed E-state index contributed by atoms with van der Waals surface area (Å²) in [5.74, 6) is 2.00. The van der Waals surface area contributed by atoms with Crippen LogP contribution in [0, 0.1) is 0 Å². The molecule has 1 aliphatic carbocycles. The van der Waals surface area contributed by atoms with E-state index in [0.29, 0.717) is 5.57 Å². The van der Waals surface area contributed by atoms with Crippen molar-refractivity contribution >= 4 is 22.9 Å². The maximum Gasteiger partial charge on any atom is 0.134 e. The summed E-state index contributed by atoms with van der Waals surface area (Å²) < 4.78 is 0. The minimum atomic E-state index is 0.684. The molecule has 1 aromatic heterocycles. The molecule has 0 aliphatic heterocycles. The van der Waals surface area contributed by atoms with Crippen molar-refractivity contribution in [1.82, 2.24) is 0 Å². The molecule has 1 aliphatic rings. The van der Waals surface area contributed by atoms with Crippen LogP contribution in [0.2, 0.25) is 0 Å². The monoisotopic (exact) mass is 188 g/mol. The van der Waals surface area contributed by atoms with Crippen molar-refractivity contribution in [1.29, 1.82) is 0 Å². The van der Waals surface area contributed by atoms with Crippen LogP contribution in [0.1, 0.15) is 11.3 Å². The second kappa shape index (κ2) is 3.56. The number of rotatable bonds is 2. The lowest BCUT2D eigenvalue weighted by Gasteiger charge is -1.97. The van der Waals surface area contributed by atoms with Gasteiger partial charge in [0.1, 0.15) is 5.94 Å². The van der Waals surface area contributed by atoms with E-state index in [0.717, 1.165) is 16.9 Å². The third kappa shape index (κ3) is 1.55. The van der Waals surface area contributed by atoms with E-state index in [4.69, 9.17) is 0 Å². The maximum absolute atomic E-state index is 10.8. The molecule has 13 heavy (non-hydrogen) atoms. The van der Waals surface area contributed by atoms with Crippen molar-refractivity contribution in [2.24, 2.45) is 0 Å². The smallest absolute Gasteiger partial charge is 0.134 e. The van der Waals surface area contributed by atoms with Gasteiger partial charge in [0.2, 0.25) is 0 Å². The predicted octanol–water partition coefficient (Wildman–Crippen LogP) is 2.85. The van der Waals surface area contributed by atoms with Gasteiger partial charge in [-0.2, -0.15) is 0 Å². The van der Waals surface area contributed by atoms with Gasteiger partial charge in [-0.15, -0.1) is 11.3 Å². The summed E-state index contributed by atoms with van der Waals surface area (Å²) in [5.41, 5.74) is 1.68. The lowest BCUT2D eigenvalue weighted by atomic mass is 10.1. The van der Waals surface area contributed by atoms with E-state index in [9.17, 15) is 4.79 Å².